The third-order valence-corrected chi connectivity index (χ3v) is 3.30. The van der Waals surface area contributed by atoms with Crippen LogP contribution in [0.1, 0.15) is 11.4 Å². The van der Waals surface area contributed by atoms with Gasteiger partial charge >= 0.3 is 0 Å². The predicted octanol–water partition coefficient (Wildman–Crippen LogP) is 1.74. The van der Waals surface area contributed by atoms with E-state index in [0.29, 0.717) is 18.1 Å². The van der Waals surface area contributed by atoms with E-state index in [1.54, 1.807) is 10.9 Å². The number of imidazole rings is 1. The Morgan fingerprint density at radius 3 is 2.91 bits per heavy atom. The second kappa shape index (κ2) is 5.03. The van der Waals surface area contributed by atoms with Gasteiger partial charge in [0, 0.05) is 24.3 Å². The van der Waals surface area contributed by atoms with E-state index in [1.165, 1.54) is 0 Å². The van der Waals surface area contributed by atoms with Gasteiger partial charge in [-0.3, -0.25) is 0 Å². The Balaban J connectivity index is 1.61. The van der Waals surface area contributed by atoms with E-state index in [1.807, 2.05) is 54.2 Å². The smallest absolute Gasteiger partial charge is 0.181 e. The molecule has 0 saturated heterocycles. The van der Waals surface area contributed by atoms with Crippen LogP contribution in [0.3, 0.4) is 0 Å². The molecule has 0 N–H and O–H groups in total. The first-order valence-corrected chi connectivity index (χ1v) is 6.91. The monoisotopic (exact) mass is 291 g/mol. The molecule has 0 aliphatic heterocycles. The summed E-state index contributed by atoms with van der Waals surface area (Å²) in [7, 11) is 0. The molecular formula is C15H13N7. The van der Waals surface area contributed by atoms with Crippen molar-refractivity contribution in [1.29, 1.82) is 0 Å². The molecule has 0 saturated carbocycles. The van der Waals surface area contributed by atoms with Gasteiger partial charge in [0.1, 0.15) is 11.3 Å². The van der Waals surface area contributed by atoms with E-state index in [2.05, 4.69) is 25.3 Å². The van der Waals surface area contributed by atoms with Crippen molar-refractivity contribution in [3.8, 4) is 11.5 Å². The molecule has 4 heterocycles. The van der Waals surface area contributed by atoms with Gasteiger partial charge in [-0.05, 0) is 25.1 Å². The first kappa shape index (κ1) is 12.6. The van der Waals surface area contributed by atoms with Gasteiger partial charge in [-0.25, -0.2) is 19.6 Å². The molecule has 0 aliphatic rings. The normalized spacial score (nSPS) is 11.1. The number of hydrogen-bond acceptors (Lipinski definition) is 5. The van der Waals surface area contributed by atoms with Crippen molar-refractivity contribution in [1.82, 2.24) is 34.3 Å². The fourth-order valence-corrected chi connectivity index (χ4v) is 2.28. The quantitative estimate of drug-likeness (QED) is 0.575. The SMILES string of the molecule is Cc1ccnc(-c2cn(Cc3cn4ccccc4n3)nn2)n1. The highest BCUT2D eigenvalue weighted by molar-refractivity contribution is 5.46. The molecule has 7 nitrogen and oxygen atoms in total. The molecule has 4 aromatic heterocycles. The molecule has 0 bridgehead atoms. The molecule has 0 radical (unpaired) electrons. The van der Waals surface area contributed by atoms with Crippen molar-refractivity contribution in [3.63, 3.8) is 0 Å². The van der Waals surface area contributed by atoms with Crippen LogP contribution in [0.4, 0.5) is 0 Å². The van der Waals surface area contributed by atoms with Crippen LogP contribution in [0.15, 0.2) is 49.1 Å². The van der Waals surface area contributed by atoms with Gasteiger partial charge in [0.2, 0.25) is 0 Å². The molecule has 0 unspecified atom stereocenters. The van der Waals surface area contributed by atoms with E-state index in [9.17, 15) is 0 Å². The number of fused-ring (bicyclic) bond motifs is 1. The van der Waals surface area contributed by atoms with Crippen molar-refractivity contribution in [2.24, 2.45) is 0 Å². The summed E-state index contributed by atoms with van der Waals surface area (Å²) in [4.78, 5) is 13.1. The minimum absolute atomic E-state index is 0.556. The summed E-state index contributed by atoms with van der Waals surface area (Å²) in [5, 5.41) is 8.26. The number of nitrogens with zero attached hydrogens (tertiary/aromatic N) is 7. The molecule has 0 atom stereocenters. The maximum absolute atomic E-state index is 4.55. The van der Waals surface area contributed by atoms with Crippen LogP contribution < -0.4 is 0 Å². The minimum Gasteiger partial charge on any atom is -0.307 e. The third kappa shape index (κ3) is 2.32. The van der Waals surface area contributed by atoms with Gasteiger partial charge in [-0.1, -0.05) is 11.3 Å². The average molecular weight is 291 g/mol. The van der Waals surface area contributed by atoms with Gasteiger partial charge in [-0.2, -0.15) is 0 Å². The number of aromatic nitrogens is 7. The minimum atomic E-state index is 0.556. The second-order valence-corrected chi connectivity index (χ2v) is 5.02. The highest BCUT2D eigenvalue weighted by Crippen LogP contribution is 2.11. The zero-order valence-electron chi connectivity index (χ0n) is 12.0. The predicted molar refractivity (Wildman–Crippen MR) is 80.1 cm³/mol. The Kier molecular flexibility index (Phi) is 2.89. The van der Waals surface area contributed by atoms with Crippen molar-refractivity contribution in [2.75, 3.05) is 0 Å². The first-order chi connectivity index (χ1) is 10.8. The summed E-state index contributed by atoms with van der Waals surface area (Å²) < 4.78 is 3.72. The number of hydrogen-bond donors (Lipinski definition) is 0. The van der Waals surface area contributed by atoms with E-state index < -0.39 is 0 Å². The standard InChI is InChI=1S/C15H13N7/c1-11-5-6-16-15(17-11)13-10-22(20-19-13)9-12-8-21-7-3-2-4-14(21)18-12/h2-8,10H,9H2,1H3. The fraction of sp³-hybridized carbons (Fsp3) is 0.133. The van der Waals surface area contributed by atoms with Crippen LogP contribution in [0, 0.1) is 6.92 Å². The van der Waals surface area contributed by atoms with Gasteiger partial charge in [0.15, 0.2) is 5.82 Å². The molecule has 0 spiro atoms. The molecule has 0 fully saturated rings. The van der Waals surface area contributed by atoms with Crippen molar-refractivity contribution in [2.45, 2.75) is 13.5 Å². The molecule has 108 valence electrons. The third-order valence-electron chi connectivity index (χ3n) is 3.30. The van der Waals surface area contributed by atoms with Gasteiger partial charge < -0.3 is 4.40 Å². The van der Waals surface area contributed by atoms with Crippen LogP contribution in [0.2, 0.25) is 0 Å². The molecule has 7 heteroatoms. The molecular weight excluding hydrogens is 278 g/mol. The van der Waals surface area contributed by atoms with Crippen molar-refractivity contribution < 1.29 is 0 Å². The Bertz CT molecular complexity index is 905. The summed E-state index contributed by atoms with van der Waals surface area (Å²) in [5.74, 6) is 0.584. The summed E-state index contributed by atoms with van der Waals surface area (Å²) in [6.07, 6.45) is 7.51. The second-order valence-electron chi connectivity index (χ2n) is 5.02. The molecule has 4 rings (SSSR count). The number of pyridine rings is 1. The lowest BCUT2D eigenvalue weighted by atomic mass is 10.4. The number of aryl methyl sites for hydroxylation is 1. The topological polar surface area (TPSA) is 73.8 Å². The molecule has 0 aromatic carbocycles. The lowest BCUT2D eigenvalue weighted by molar-refractivity contribution is 0.641. The largest absolute Gasteiger partial charge is 0.307 e. The van der Waals surface area contributed by atoms with Crippen LogP contribution in [0.25, 0.3) is 17.2 Å². The maximum Gasteiger partial charge on any atom is 0.181 e. The highest BCUT2D eigenvalue weighted by atomic mass is 15.4. The maximum atomic E-state index is 4.55. The molecule has 4 aromatic rings. The van der Waals surface area contributed by atoms with Crippen LogP contribution >= 0.6 is 0 Å². The lowest BCUT2D eigenvalue weighted by Gasteiger charge is -1.95. The van der Waals surface area contributed by atoms with E-state index >= 15 is 0 Å². The van der Waals surface area contributed by atoms with Crippen molar-refractivity contribution >= 4 is 5.65 Å². The summed E-state index contributed by atoms with van der Waals surface area (Å²) in [6.45, 7) is 2.48. The lowest BCUT2D eigenvalue weighted by Crippen LogP contribution is -2.00. The van der Waals surface area contributed by atoms with E-state index in [4.69, 9.17) is 0 Å². The fourth-order valence-electron chi connectivity index (χ4n) is 2.28. The Labute approximate surface area is 126 Å². The first-order valence-electron chi connectivity index (χ1n) is 6.91. The van der Waals surface area contributed by atoms with Gasteiger partial charge in [0.25, 0.3) is 0 Å². The molecule has 0 aliphatic carbocycles. The van der Waals surface area contributed by atoms with Gasteiger partial charge in [-0.15, -0.1) is 5.10 Å². The highest BCUT2D eigenvalue weighted by Gasteiger charge is 2.08. The van der Waals surface area contributed by atoms with E-state index in [0.717, 1.165) is 17.0 Å². The Morgan fingerprint density at radius 2 is 2.05 bits per heavy atom. The zero-order valence-corrected chi connectivity index (χ0v) is 12.0. The molecule has 22 heavy (non-hydrogen) atoms. The summed E-state index contributed by atoms with van der Waals surface area (Å²) in [6, 6.07) is 7.76. The van der Waals surface area contributed by atoms with Crippen LogP contribution in [-0.2, 0) is 6.54 Å². The van der Waals surface area contributed by atoms with Gasteiger partial charge in [0.05, 0.1) is 18.4 Å². The van der Waals surface area contributed by atoms with Crippen LogP contribution in [0.5, 0.6) is 0 Å². The summed E-state index contributed by atoms with van der Waals surface area (Å²) >= 11 is 0. The summed E-state index contributed by atoms with van der Waals surface area (Å²) in [5.41, 5.74) is 3.40. The Hall–Kier alpha value is -3.09. The van der Waals surface area contributed by atoms with Crippen LogP contribution in [-0.4, -0.2) is 34.3 Å². The van der Waals surface area contributed by atoms with E-state index in [-0.39, 0.29) is 0 Å². The zero-order chi connectivity index (χ0) is 14.9. The Morgan fingerprint density at radius 1 is 1.09 bits per heavy atom. The molecule has 0 amide bonds. The van der Waals surface area contributed by atoms with Crippen molar-refractivity contribution in [3.05, 3.63) is 60.4 Å². The average Bonchev–Trinajstić information content (AvgIpc) is 3.13. The number of rotatable bonds is 3.